The summed E-state index contributed by atoms with van der Waals surface area (Å²) in [5.41, 5.74) is 0.668. The summed E-state index contributed by atoms with van der Waals surface area (Å²) < 4.78 is 0. The summed E-state index contributed by atoms with van der Waals surface area (Å²) in [5, 5.41) is 3.67. The van der Waals surface area contributed by atoms with Crippen molar-refractivity contribution in [1.29, 1.82) is 0 Å². The molecule has 0 amide bonds. The molecule has 1 aliphatic heterocycles. The zero-order valence-corrected chi connectivity index (χ0v) is 10.6. The van der Waals surface area contributed by atoms with E-state index >= 15 is 0 Å². The second kappa shape index (κ2) is 4.42. The normalized spacial score (nSPS) is 30.8. The molecule has 1 heterocycles. The van der Waals surface area contributed by atoms with Gasteiger partial charge in [-0.1, -0.05) is 13.8 Å². The molecule has 0 radical (unpaired) electrons. The molecule has 2 rings (SSSR count). The van der Waals surface area contributed by atoms with Gasteiger partial charge in [-0.05, 0) is 44.1 Å². The minimum absolute atomic E-state index is 0.668. The fraction of sp³-hybridized carbons (Fsp3) is 1.00. The molecule has 1 saturated heterocycles. The van der Waals surface area contributed by atoms with Gasteiger partial charge in [0.1, 0.15) is 0 Å². The average molecular weight is 210 g/mol. The van der Waals surface area contributed by atoms with Crippen LogP contribution in [0.1, 0.15) is 40.0 Å². The Morgan fingerprint density at radius 1 is 1.40 bits per heavy atom. The fourth-order valence-electron chi connectivity index (χ4n) is 2.56. The number of rotatable bonds is 3. The SMILES string of the molecule is CC(C)CCN1CC(C)NCC2(CC2)C1. The van der Waals surface area contributed by atoms with Gasteiger partial charge < -0.3 is 10.2 Å². The lowest BCUT2D eigenvalue weighted by atomic mass is 10.1. The molecule has 1 N–H and O–H groups in total. The van der Waals surface area contributed by atoms with Crippen molar-refractivity contribution in [2.75, 3.05) is 26.2 Å². The van der Waals surface area contributed by atoms with Gasteiger partial charge in [0.15, 0.2) is 0 Å². The zero-order chi connectivity index (χ0) is 10.9. The molecule has 2 fully saturated rings. The van der Waals surface area contributed by atoms with Crippen molar-refractivity contribution in [1.82, 2.24) is 10.2 Å². The van der Waals surface area contributed by atoms with Gasteiger partial charge in [0, 0.05) is 25.7 Å². The molecule has 1 saturated carbocycles. The molecule has 88 valence electrons. The van der Waals surface area contributed by atoms with Gasteiger partial charge in [-0.2, -0.15) is 0 Å². The molecule has 1 atom stereocenters. The highest BCUT2D eigenvalue weighted by Crippen LogP contribution is 2.46. The second-order valence-electron chi connectivity index (χ2n) is 6.20. The Morgan fingerprint density at radius 2 is 2.13 bits per heavy atom. The molecule has 1 unspecified atom stereocenters. The monoisotopic (exact) mass is 210 g/mol. The predicted octanol–water partition coefficient (Wildman–Crippen LogP) is 2.11. The van der Waals surface area contributed by atoms with Crippen molar-refractivity contribution < 1.29 is 0 Å². The van der Waals surface area contributed by atoms with Gasteiger partial charge in [-0.25, -0.2) is 0 Å². The van der Waals surface area contributed by atoms with Crippen molar-refractivity contribution in [3.63, 3.8) is 0 Å². The van der Waals surface area contributed by atoms with Crippen LogP contribution in [0.2, 0.25) is 0 Å². The van der Waals surface area contributed by atoms with E-state index in [1.165, 1.54) is 45.4 Å². The Balaban J connectivity index is 1.85. The molecule has 2 heteroatoms. The Hall–Kier alpha value is -0.0800. The van der Waals surface area contributed by atoms with E-state index in [9.17, 15) is 0 Å². The molecular weight excluding hydrogens is 184 g/mol. The van der Waals surface area contributed by atoms with E-state index in [0.29, 0.717) is 11.5 Å². The standard InChI is InChI=1S/C13H26N2/c1-11(2)4-7-15-8-12(3)14-9-13(10-15)5-6-13/h11-12,14H,4-10H2,1-3H3. The van der Waals surface area contributed by atoms with E-state index in [4.69, 9.17) is 0 Å². The zero-order valence-electron chi connectivity index (χ0n) is 10.6. The summed E-state index contributed by atoms with van der Waals surface area (Å²) in [6.07, 6.45) is 4.25. The highest BCUT2D eigenvalue weighted by Gasteiger charge is 2.45. The van der Waals surface area contributed by atoms with Gasteiger partial charge in [0.25, 0.3) is 0 Å². The minimum Gasteiger partial charge on any atom is -0.312 e. The van der Waals surface area contributed by atoms with Crippen LogP contribution in [0.4, 0.5) is 0 Å². The number of hydrogen-bond donors (Lipinski definition) is 1. The smallest absolute Gasteiger partial charge is 0.0166 e. The lowest BCUT2D eigenvalue weighted by Crippen LogP contribution is -2.36. The quantitative estimate of drug-likeness (QED) is 0.767. The second-order valence-corrected chi connectivity index (χ2v) is 6.20. The van der Waals surface area contributed by atoms with Crippen molar-refractivity contribution in [2.45, 2.75) is 46.1 Å². The number of nitrogens with zero attached hydrogens (tertiary/aromatic N) is 1. The number of hydrogen-bond acceptors (Lipinski definition) is 2. The third-order valence-corrected chi connectivity index (χ3v) is 3.90. The molecule has 2 aliphatic rings. The van der Waals surface area contributed by atoms with Crippen molar-refractivity contribution >= 4 is 0 Å². The van der Waals surface area contributed by atoms with Crippen LogP contribution in [0, 0.1) is 11.3 Å². The summed E-state index contributed by atoms with van der Waals surface area (Å²) in [4.78, 5) is 2.69. The first-order valence-corrected chi connectivity index (χ1v) is 6.55. The minimum atomic E-state index is 0.668. The van der Waals surface area contributed by atoms with Gasteiger partial charge in [0.2, 0.25) is 0 Å². The largest absolute Gasteiger partial charge is 0.312 e. The molecule has 0 aromatic rings. The van der Waals surface area contributed by atoms with E-state index < -0.39 is 0 Å². The first-order valence-electron chi connectivity index (χ1n) is 6.55. The van der Waals surface area contributed by atoms with Gasteiger partial charge in [0.05, 0.1) is 0 Å². The molecular formula is C13H26N2. The maximum Gasteiger partial charge on any atom is 0.0166 e. The highest BCUT2D eigenvalue weighted by atomic mass is 15.2. The lowest BCUT2D eigenvalue weighted by Gasteiger charge is -2.25. The lowest BCUT2D eigenvalue weighted by molar-refractivity contribution is 0.226. The molecule has 0 bridgehead atoms. The first kappa shape index (κ1) is 11.4. The topological polar surface area (TPSA) is 15.3 Å². The molecule has 1 aliphatic carbocycles. The fourth-order valence-corrected chi connectivity index (χ4v) is 2.56. The summed E-state index contributed by atoms with van der Waals surface area (Å²) >= 11 is 0. The van der Waals surface area contributed by atoms with Crippen LogP contribution < -0.4 is 5.32 Å². The Morgan fingerprint density at radius 3 is 2.73 bits per heavy atom. The van der Waals surface area contributed by atoms with Crippen LogP contribution in [0.25, 0.3) is 0 Å². The molecule has 15 heavy (non-hydrogen) atoms. The van der Waals surface area contributed by atoms with E-state index in [2.05, 4.69) is 31.0 Å². The van der Waals surface area contributed by atoms with Crippen LogP contribution in [0.5, 0.6) is 0 Å². The van der Waals surface area contributed by atoms with Gasteiger partial charge in [-0.15, -0.1) is 0 Å². The average Bonchev–Trinajstić information content (AvgIpc) is 2.93. The molecule has 1 spiro atoms. The summed E-state index contributed by atoms with van der Waals surface area (Å²) in [6.45, 7) is 12.1. The predicted molar refractivity (Wildman–Crippen MR) is 65.0 cm³/mol. The Labute approximate surface area is 94.4 Å². The Kier molecular flexibility index (Phi) is 3.36. The summed E-state index contributed by atoms with van der Waals surface area (Å²) in [5.74, 6) is 0.840. The van der Waals surface area contributed by atoms with Crippen molar-refractivity contribution in [3.8, 4) is 0 Å². The van der Waals surface area contributed by atoms with Crippen molar-refractivity contribution in [3.05, 3.63) is 0 Å². The third kappa shape index (κ3) is 3.18. The molecule has 2 nitrogen and oxygen atoms in total. The van der Waals surface area contributed by atoms with Crippen LogP contribution in [-0.2, 0) is 0 Å². The molecule has 0 aromatic carbocycles. The third-order valence-electron chi connectivity index (χ3n) is 3.90. The van der Waals surface area contributed by atoms with E-state index in [1.807, 2.05) is 0 Å². The van der Waals surface area contributed by atoms with Gasteiger partial charge in [-0.3, -0.25) is 0 Å². The van der Waals surface area contributed by atoms with E-state index in [0.717, 1.165) is 5.92 Å². The van der Waals surface area contributed by atoms with Gasteiger partial charge >= 0.3 is 0 Å². The Bertz CT molecular complexity index is 209. The maximum absolute atomic E-state index is 3.67. The van der Waals surface area contributed by atoms with Crippen LogP contribution in [0.3, 0.4) is 0 Å². The van der Waals surface area contributed by atoms with E-state index in [-0.39, 0.29) is 0 Å². The van der Waals surface area contributed by atoms with Crippen LogP contribution in [-0.4, -0.2) is 37.1 Å². The summed E-state index contributed by atoms with van der Waals surface area (Å²) in [7, 11) is 0. The van der Waals surface area contributed by atoms with Crippen LogP contribution in [0.15, 0.2) is 0 Å². The van der Waals surface area contributed by atoms with E-state index in [1.54, 1.807) is 0 Å². The maximum atomic E-state index is 3.67. The molecule has 0 aromatic heterocycles. The first-order chi connectivity index (χ1) is 7.10. The van der Waals surface area contributed by atoms with Crippen LogP contribution >= 0.6 is 0 Å². The van der Waals surface area contributed by atoms with Crippen molar-refractivity contribution in [2.24, 2.45) is 11.3 Å². The summed E-state index contributed by atoms with van der Waals surface area (Å²) in [6, 6.07) is 0.678. The number of nitrogens with one attached hydrogen (secondary N) is 1. The highest BCUT2D eigenvalue weighted by molar-refractivity contribution is 4.99.